The minimum Gasteiger partial charge on any atom is -0.432 e. The van der Waals surface area contributed by atoms with Crippen LogP contribution in [0.1, 0.15) is 5.82 Å². The number of aromatic amines is 1. The number of rotatable bonds is 3. The number of hydrogen-bond donors (Lipinski definition) is 1. The quantitative estimate of drug-likeness (QED) is 0.883. The lowest BCUT2D eigenvalue weighted by atomic mass is 10.3. The molecular weight excluding hydrogens is 289 g/mol. The molecule has 0 amide bonds. The minimum absolute atomic E-state index is 0.191. The fraction of sp³-hybridized carbons (Fsp3) is 0.222. The molecule has 86 valence electrons. The molecule has 7 heteroatoms. The van der Waals surface area contributed by atoms with E-state index < -0.39 is 12.4 Å². The zero-order chi connectivity index (χ0) is 11.7. The molecule has 0 saturated carbocycles. The van der Waals surface area contributed by atoms with Gasteiger partial charge in [-0.2, -0.15) is 8.78 Å². The van der Waals surface area contributed by atoms with Crippen molar-refractivity contribution in [3.8, 4) is 5.75 Å². The topological polar surface area (TPSA) is 37.9 Å². The summed E-state index contributed by atoms with van der Waals surface area (Å²) in [5.74, 6) is -0.416. The number of fused-ring (bicyclic) bond motifs is 1. The zero-order valence-electron chi connectivity index (χ0n) is 7.81. The van der Waals surface area contributed by atoms with Crippen LogP contribution in [0.3, 0.4) is 0 Å². The third kappa shape index (κ3) is 2.13. The summed E-state index contributed by atoms with van der Waals surface area (Å²) in [7, 11) is 0. The molecule has 0 saturated heterocycles. The van der Waals surface area contributed by atoms with Gasteiger partial charge in [-0.15, -0.1) is 0 Å². The van der Waals surface area contributed by atoms with Crippen molar-refractivity contribution in [2.45, 2.75) is 11.9 Å². The minimum atomic E-state index is -3.01. The maximum Gasteiger partial charge on any atom is 0.387 e. The Kier molecular flexibility index (Phi) is 3.04. The van der Waals surface area contributed by atoms with E-state index in [1.54, 1.807) is 0 Å². The lowest BCUT2D eigenvalue weighted by Crippen LogP contribution is -2.02. The average molecular weight is 295 g/mol. The molecule has 1 aromatic heterocycles. The van der Waals surface area contributed by atoms with Gasteiger partial charge in [0.05, 0.1) is 10.8 Å². The predicted octanol–water partition coefficient (Wildman–Crippen LogP) is 3.20. The normalized spacial score (nSPS) is 11.3. The van der Waals surface area contributed by atoms with Crippen LogP contribution in [0.4, 0.5) is 13.2 Å². The van der Waals surface area contributed by atoms with Crippen molar-refractivity contribution in [3.63, 3.8) is 0 Å². The molecule has 0 spiro atoms. The molecular formula is C9H6BrF3N2O. The van der Waals surface area contributed by atoms with Crippen LogP contribution in [0.15, 0.2) is 12.1 Å². The van der Waals surface area contributed by atoms with E-state index in [-0.39, 0.29) is 11.3 Å². The van der Waals surface area contributed by atoms with Crippen molar-refractivity contribution >= 4 is 27.0 Å². The van der Waals surface area contributed by atoms with E-state index in [1.165, 1.54) is 6.07 Å². The third-order valence-corrected chi connectivity index (χ3v) is 2.44. The van der Waals surface area contributed by atoms with Gasteiger partial charge in [0.1, 0.15) is 17.2 Å². The summed E-state index contributed by atoms with van der Waals surface area (Å²) in [5, 5.41) is 0.414. The summed E-state index contributed by atoms with van der Waals surface area (Å²) in [6.45, 7) is -3.01. The molecule has 16 heavy (non-hydrogen) atoms. The SMILES string of the molecule is Fc1cc(OC(F)F)c2nc(CBr)[nH]c2c1. The molecule has 0 radical (unpaired) electrons. The summed E-state index contributed by atoms with van der Waals surface area (Å²) >= 11 is 3.15. The molecule has 0 aliphatic heterocycles. The van der Waals surface area contributed by atoms with Crippen molar-refractivity contribution in [2.24, 2.45) is 0 Å². The van der Waals surface area contributed by atoms with Crippen molar-refractivity contribution in [3.05, 3.63) is 23.8 Å². The Morgan fingerprint density at radius 1 is 1.44 bits per heavy atom. The number of nitrogens with one attached hydrogen (secondary N) is 1. The summed E-state index contributed by atoms with van der Waals surface area (Å²) < 4.78 is 41.4. The molecule has 1 heterocycles. The first-order valence-electron chi connectivity index (χ1n) is 4.29. The van der Waals surface area contributed by atoms with Crippen LogP contribution in [0.5, 0.6) is 5.75 Å². The van der Waals surface area contributed by atoms with Gasteiger partial charge < -0.3 is 9.72 Å². The molecule has 0 aliphatic rings. The second kappa shape index (κ2) is 4.32. The van der Waals surface area contributed by atoms with E-state index in [0.717, 1.165) is 6.07 Å². The van der Waals surface area contributed by atoms with Crippen LogP contribution >= 0.6 is 15.9 Å². The Bertz CT molecular complexity index is 515. The second-order valence-corrected chi connectivity index (χ2v) is 3.56. The number of hydrogen-bond acceptors (Lipinski definition) is 2. The fourth-order valence-electron chi connectivity index (χ4n) is 1.35. The highest BCUT2D eigenvalue weighted by molar-refractivity contribution is 9.08. The molecule has 2 rings (SSSR count). The molecule has 2 aromatic rings. The summed E-state index contributed by atoms with van der Waals surface area (Å²) in [6, 6.07) is 2.06. The van der Waals surface area contributed by atoms with Gasteiger partial charge in [0.2, 0.25) is 0 Å². The van der Waals surface area contributed by atoms with E-state index in [2.05, 4.69) is 30.6 Å². The van der Waals surface area contributed by atoms with E-state index in [1.807, 2.05) is 0 Å². The first-order chi connectivity index (χ1) is 7.60. The summed E-state index contributed by atoms with van der Waals surface area (Å²) in [5.41, 5.74) is 0.515. The highest BCUT2D eigenvalue weighted by Crippen LogP contribution is 2.27. The Hall–Kier alpha value is -1.24. The van der Waals surface area contributed by atoms with Crippen LogP contribution in [0.25, 0.3) is 11.0 Å². The largest absolute Gasteiger partial charge is 0.432 e. The number of halogens is 4. The Balaban J connectivity index is 2.56. The van der Waals surface area contributed by atoms with E-state index in [9.17, 15) is 13.2 Å². The number of imidazole rings is 1. The molecule has 1 aromatic carbocycles. The molecule has 0 unspecified atom stereocenters. The van der Waals surface area contributed by atoms with Gasteiger partial charge >= 0.3 is 6.61 Å². The molecule has 0 bridgehead atoms. The van der Waals surface area contributed by atoms with Gasteiger partial charge in [0, 0.05) is 6.07 Å². The van der Waals surface area contributed by atoms with Gasteiger partial charge in [-0.3, -0.25) is 0 Å². The van der Waals surface area contributed by atoms with Crippen LogP contribution in [0.2, 0.25) is 0 Å². The maximum atomic E-state index is 13.1. The Morgan fingerprint density at radius 2 is 2.19 bits per heavy atom. The first-order valence-corrected chi connectivity index (χ1v) is 5.41. The van der Waals surface area contributed by atoms with Gasteiger partial charge in [0.25, 0.3) is 0 Å². The molecule has 0 atom stereocenters. The number of alkyl halides is 3. The van der Waals surface area contributed by atoms with Crippen molar-refractivity contribution in [1.29, 1.82) is 0 Å². The summed E-state index contributed by atoms with van der Waals surface area (Å²) in [6.07, 6.45) is 0. The van der Waals surface area contributed by atoms with Gasteiger partial charge in [0.15, 0.2) is 5.75 Å². The number of ether oxygens (including phenoxy) is 1. The van der Waals surface area contributed by atoms with E-state index >= 15 is 0 Å². The molecule has 0 fully saturated rings. The second-order valence-electron chi connectivity index (χ2n) is 3.00. The average Bonchev–Trinajstić information content (AvgIpc) is 2.59. The number of benzene rings is 1. The Morgan fingerprint density at radius 3 is 2.81 bits per heavy atom. The standard InChI is InChI=1S/C9H6BrF3N2O/c10-3-7-14-5-1-4(11)2-6(8(5)15-7)16-9(12)13/h1-2,9H,3H2,(H,14,15). The lowest BCUT2D eigenvalue weighted by molar-refractivity contribution is -0.0490. The number of H-pyrrole nitrogens is 1. The number of aromatic nitrogens is 2. The zero-order valence-corrected chi connectivity index (χ0v) is 9.39. The van der Waals surface area contributed by atoms with Gasteiger partial charge in [-0.05, 0) is 6.07 Å². The highest BCUT2D eigenvalue weighted by atomic mass is 79.9. The smallest absolute Gasteiger partial charge is 0.387 e. The molecule has 3 nitrogen and oxygen atoms in total. The van der Waals surface area contributed by atoms with Crippen molar-refractivity contribution in [1.82, 2.24) is 9.97 Å². The maximum absolute atomic E-state index is 13.1. The van der Waals surface area contributed by atoms with E-state index in [0.29, 0.717) is 16.7 Å². The highest BCUT2D eigenvalue weighted by Gasteiger charge is 2.14. The lowest BCUT2D eigenvalue weighted by Gasteiger charge is -2.04. The first kappa shape index (κ1) is 11.3. The van der Waals surface area contributed by atoms with Gasteiger partial charge in [-0.25, -0.2) is 9.37 Å². The van der Waals surface area contributed by atoms with Crippen molar-refractivity contribution < 1.29 is 17.9 Å². The monoisotopic (exact) mass is 294 g/mol. The van der Waals surface area contributed by atoms with E-state index in [4.69, 9.17) is 0 Å². The Labute approximate surface area is 96.7 Å². The third-order valence-electron chi connectivity index (χ3n) is 1.91. The van der Waals surface area contributed by atoms with Crippen molar-refractivity contribution in [2.75, 3.05) is 0 Å². The molecule has 1 N–H and O–H groups in total. The molecule has 0 aliphatic carbocycles. The number of nitrogens with zero attached hydrogens (tertiary/aromatic N) is 1. The van der Waals surface area contributed by atoms with Crippen LogP contribution in [-0.2, 0) is 5.33 Å². The van der Waals surface area contributed by atoms with Crippen LogP contribution < -0.4 is 4.74 Å². The summed E-state index contributed by atoms with van der Waals surface area (Å²) in [4.78, 5) is 6.77. The fourth-order valence-corrected chi connectivity index (χ4v) is 1.62. The van der Waals surface area contributed by atoms with Crippen LogP contribution in [-0.4, -0.2) is 16.6 Å². The van der Waals surface area contributed by atoms with Gasteiger partial charge in [-0.1, -0.05) is 15.9 Å². The van der Waals surface area contributed by atoms with Crippen LogP contribution in [0, 0.1) is 5.82 Å². The predicted molar refractivity (Wildman–Crippen MR) is 55.3 cm³/mol.